The molecule has 1 aliphatic heterocycles. The van der Waals surface area contributed by atoms with Gasteiger partial charge < -0.3 is 4.90 Å². The van der Waals surface area contributed by atoms with Gasteiger partial charge in [0, 0.05) is 42.7 Å². The zero-order chi connectivity index (χ0) is 21.3. The topological polar surface area (TPSA) is 83.5 Å². The molecule has 0 N–H and O–H groups in total. The van der Waals surface area contributed by atoms with Crippen molar-refractivity contribution in [3.05, 3.63) is 52.1 Å². The van der Waals surface area contributed by atoms with Crippen molar-refractivity contribution in [1.29, 1.82) is 0 Å². The van der Waals surface area contributed by atoms with E-state index in [1.165, 1.54) is 15.3 Å². The molecule has 0 bridgehead atoms. The Bertz CT molecular complexity index is 1190. The van der Waals surface area contributed by atoms with Crippen molar-refractivity contribution in [2.75, 3.05) is 31.6 Å². The van der Waals surface area contributed by atoms with Crippen LogP contribution < -0.4 is 0 Å². The lowest BCUT2D eigenvalue weighted by Crippen LogP contribution is -2.38. The van der Waals surface area contributed by atoms with Crippen molar-refractivity contribution < 1.29 is 13.2 Å². The highest BCUT2D eigenvalue weighted by Crippen LogP contribution is 2.28. The lowest BCUT2D eigenvalue weighted by atomic mass is 10.2. The molecular weight excluding hydrogens is 440 g/mol. The predicted octanol–water partition coefficient (Wildman–Crippen LogP) is 3.01. The third-order valence-electron chi connectivity index (χ3n) is 4.98. The Morgan fingerprint density at radius 2 is 1.90 bits per heavy atom. The Kier molecular flexibility index (Phi) is 6.10. The van der Waals surface area contributed by atoms with E-state index < -0.39 is 10.0 Å². The number of aromatic nitrogens is 2. The van der Waals surface area contributed by atoms with E-state index in [4.69, 9.17) is 0 Å². The van der Waals surface area contributed by atoms with Gasteiger partial charge in [-0.2, -0.15) is 16.1 Å². The van der Waals surface area contributed by atoms with Gasteiger partial charge in [-0.05, 0) is 24.4 Å². The molecule has 0 saturated carbocycles. The summed E-state index contributed by atoms with van der Waals surface area (Å²) in [4.78, 5) is 24.0. The van der Waals surface area contributed by atoms with Crippen LogP contribution >= 0.6 is 23.1 Å². The lowest BCUT2D eigenvalue weighted by molar-refractivity contribution is 0.0782. The SMILES string of the molecule is Cc1nc(CN(C)C(=O)c2sccc2S(=O)(=O)N2CCSCC2)nc2ccccc12. The number of thioether (sulfide) groups is 1. The molecular formula is C20H22N4O3S3. The van der Waals surface area contributed by atoms with Gasteiger partial charge in [-0.1, -0.05) is 18.2 Å². The lowest BCUT2D eigenvalue weighted by Gasteiger charge is -2.26. The standard InChI is InChI=1S/C20H22N4O3S3/c1-14-15-5-3-4-6-16(15)22-18(21-14)13-23(2)20(25)19-17(7-10-29-19)30(26,27)24-8-11-28-12-9-24/h3-7,10H,8-9,11-13H2,1-2H3. The molecule has 1 saturated heterocycles. The number of hydrogen-bond donors (Lipinski definition) is 0. The number of carbonyl (C=O) groups is 1. The number of aryl methyl sites for hydroxylation is 1. The number of rotatable bonds is 5. The fourth-order valence-corrected chi connectivity index (χ4v) is 7.37. The first-order valence-electron chi connectivity index (χ1n) is 9.51. The molecule has 0 atom stereocenters. The number of nitrogens with zero attached hydrogens (tertiary/aromatic N) is 4. The van der Waals surface area contributed by atoms with Gasteiger partial charge >= 0.3 is 0 Å². The molecule has 1 aliphatic rings. The largest absolute Gasteiger partial charge is 0.333 e. The maximum atomic E-state index is 13.1. The molecule has 4 rings (SSSR count). The van der Waals surface area contributed by atoms with E-state index in [0.29, 0.717) is 18.9 Å². The first kappa shape index (κ1) is 21.2. The van der Waals surface area contributed by atoms with Crippen LogP contribution in [-0.4, -0.2) is 65.1 Å². The van der Waals surface area contributed by atoms with Crippen LogP contribution in [0.3, 0.4) is 0 Å². The van der Waals surface area contributed by atoms with E-state index in [1.807, 2.05) is 31.2 Å². The Balaban J connectivity index is 1.58. The van der Waals surface area contributed by atoms with Crippen molar-refractivity contribution in [1.82, 2.24) is 19.2 Å². The summed E-state index contributed by atoms with van der Waals surface area (Å²) in [6.45, 7) is 3.05. The molecule has 2 aromatic heterocycles. The normalized spacial score (nSPS) is 15.4. The van der Waals surface area contributed by atoms with Crippen LogP contribution in [-0.2, 0) is 16.6 Å². The molecule has 0 aliphatic carbocycles. The first-order chi connectivity index (χ1) is 14.4. The van der Waals surface area contributed by atoms with E-state index in [1.54, 1.807) is 24.2 Å². The number of thiophene rings is 1. The summed E-state index contributed by atoms with van der Waals surface area (Å²) in [5, 5.41) is 2.63. The molecule has 7 nitrogen and oxygen atoms in total. The molecule has 3 aromatic rings. The first-order valence-corrected chi connectivity index (χ1v) is 13.0. The van der Waals surface area contributed by atoms with E-state index in [-0.39, 0.29) is 22.2 Å². The summed E-state index contributed by atoms with van der Waals surface area (Å²) in [6.07, 6.45) is 0. The summed E-state index contributed by atoms with van der Waals surface area (Å²) in [6, 6.07) is 9.25. The second-order valence-corrected chi connectivity index (χ2v) is 11.1. The van der Waals surface area contributed by atoms with Crippen molar-refractivity contribution in [2.24, 2.45) is 0 Å². The van der Waals surface area contributed by atoms with E-state index in [2.05, 4.69) is 9.97 Å². The number of sulfonamides is 1. The molecule has 1 amide bonds. The van der Waals surface area contributed by atoms with Gasteiger partial charge in [-0.25, -0.2) is 18.4 Å². The Morgan fingerprint density at radius 1 is 1.17 bits per heavy atom. The number of fused-ring (bicyclic) bond motifs is 1. The summed E-state index contributed by atoms with van der Waals surface area (Å²) >= 11 is 2.89. The molecule has 1 aromatic carbocycles. The van der Waals surface area contributed by atoms with Gasteiger partial charge in [0.05, 0.1) is 12.1 Å². The monoisotopic (exact) mass is 462 g/mol. The van der Waals surface area contributed by atoms with Gasteiger partial charge in [-0.3, -0.25) is 4.79 Å². The van der Waals surface area contributed by atoms with Crippen molar-refractivity contribution in [3.8, 4) is 0 Å². The molecule has 30 heavy (non-hydrogen) atoms. The van der Waals surface area contributed by atoms with Crippen LogP contribution in [0, 0.1) is 6.92 Å². The average molecular weight is 463 g/mol. The number of para-hydroxylation sites is 1. The maximum Gasteiger partial charge on any atom is 0.265 e. The second-order valence-electron chi connectivity index (χ2n) is 7.03. The summed E-state index contributed by atoms with van der Waals surface area (Å²) in [7, 11) is -2.04. The third kappa shape index (κ3) is 4.09. The summed E-state index contributed by atoms with van der Waals surface area (Å²) < 4.78 is 27.6. The minimum absolute atomic E-state index is 0.0897. The smallest absolute Gasteiger partial charge is 0.265 e. The van der Waals surface area contributed by atoms with Gasteiger partial charge in [0.15, 0.2) is 0 Å². The zero-order valence-electron chi connectivity index (χ0n) is 16.7. The number of benzene rings is 1. The van der Waals surface area contributed by atoms with Crippen LogP contribution in [0.5, 0.6) is 0 Å². The summed E-state index contributed by atoms with van der Waals surface area (Å²) in [5.41, 5.74) is 1.67. The fraction of sp³-hybridized carbons (Fsp3) is 0.350. The zero-order valence-corrected chi connectivity index (χ0v) is 19.2. The number of hydrogen-bond acceptors (Lipinski definition) is 7. The Morgan fingerprint density at radius 3 is 2.67 bits per heavy atom. The summed E-state index contributed by atoms with van der Waals surface area (Å²) in [5.74, 6) is 1.72. The van der Waals surface area contributed by atoms with Crippen molar-refractivity contribution in [3.63, 3.8) is 0 Å². The molecule has 10 heteroatoms. The molecule has 3 heterocycles. The van der Waals surface area contributed by atoms with Crippen LogP contribution in [0.1, 0.15) is 21.2 Å². The quantitative estimate of drug-likeness (QED) is 0.580. The third-order valence-corrected chi connectivity index (χ3v) is 8.89. The van der Waals surface area contributed by atoms with Gasteiger partial charge in [0.25, 0.3) is 5.91 Å². The molecule has 0 spiro atoms. The van der Waals surface area contributed by atoms with Crippen LogP contribution in [0.15, 0.2) is 40.6 Å². The highest BCUT2D eigenvalue weighted by atomic mass is 32.2. The van der Waals surface area contributed by atoms with Crippen molar-refractivity contribution in [2.45, 2.75) is 18.4 Å². The van der Waals surface area contributed by atoms with Crippen LogP contribution in [0.4, 0.5) is 0 Å². The highest BCUT2D eigenvalue weighted by Gasteiger charge is 2.32. The van der Waals surface area contributed by atoms with Gasteiger partial charge in [-0.15, -0.1) is 11.3 Å². The fourth-order valence-electron chi connectivity index (χ4n) is 3.41. The van der Waals surface area contributed by atoms with E-state index in [0.717, 1.165) is 39.4 Å². The predicted molar refractivity (Wildman–Crippen MR) is 120 cm³/mol. The molecule has 0 radical (unpaired) electrons. The molecule has 0 unspecified atom stereocenters. The van der Waals surface area contributed by atoms with Gasteiger partial charge in [0.2, 0.25) is 10.0 Å². The van der Waals surface area contributed by atoms with Crippen LogP contribution in [0.2, 0.25) is 0 Å². The number of carbonyl (C=O) groups excluding carboxylic acids is 1. The molecule has 158 valence electrons. The minimum Gasteiger partial charge on any atom is -0.333 e. The van der Waals surface area contributed by atoms with Crippen LogP contribution in [0.25, 0.3) is 10.9 Å². The van der Waals surface area contributed by atoms with E-state index >= 15 is 0 Å². The number of amides is 1. The second kappa shape index (κ2) is 8.62. The van der Waals surface area contributed by atoms with E-state index in [9.17, 15) is 13.2 Å². The van der Waals surface area contributed by atoms with Crippen molar-refractivity contribution >= 4 is 49.9 Å². The maximum absolute atomic E-state index is 13.1. The molecule has 1 fully saturated rings. The average Bonchev–Trinajstić information content (AvgIpc) is 3.24. The Hall–Kier alpha value is -2.01. The Labute approximate surface area is 184 Å². The minimum atomic E-state index is -3.68. The highest BCUT2D eigenvalue weighted by molar-refractivity contribution is 7.99. The van der Waals surface area contributed by atoms with Gasteiger partial charge in [0.1, 0.15) is 15.6 Å².